The van der Waals surface area contributed by atoms with E-state index in [1.165, 1.54) is 6.42 Å². The number of hydrogen-bond acceptors (Lipinski definition) is 4. The molecule has 0 saturated heterocycles. The molecule has 140 valence electrons. The molecular formula is C20H30O5. The van der Waals surface area contributed by atoms with Gasteiger partial charge < -0.3 is 19.3 Å². The second-order valence-corrected chi connectivity index (χ2v) is 6.99. The average molecular weight is 350 g/mol. The van der Waals surface area contributed by atoms with Gasteiger partial charge in [-0.25, -0.2) is 0 Å². The number of carboxylic acid groups (broad SMARTS) is 1. The van der Waals surface area contributed by atoms with E-state index in [9.17, 15) is 9.90 Å². The highest BCUT2D eigenvalue weighted by molar-refractivity contribution is 5.67. The van der Waals surface area contributed by atoms with Crippen LogP contribution in [-0.4, -0.2) is 38.5 Å². The summed E-state index contributed by atoms with van der Waals surface area (Å²) in [5, 5.41) is 9.36. The number of rotatable bonds is 10. The number of methoxy groups -OCH3 is 2. The Balaban J connectivity index is 2.12. The van der Waals surface area contributed by atoms with Gasteiger partial charge >= 0.3 is 5.97 Å². The zero-order valence-electron chi connectivity index (χ0n) is 15.4. The molecule has 1 aliphatic carbocycles. The first-order valence-electron chi connectivity index (χ1n) is 9.09. The summed E-state index contributed by atoms with van der Waals surface area (Å²) in [5.41, 5.74) is 0.983. The topological polar surface area (TPSA) is 65.0 Å². The van der Waals surface area contributed by atoms with Crippen molar-refractivity contribution in [2.45, 2.75) is 51.4 Å². The normalized spacial score (nSPS) is 16.4. The summed E-state index contributed by atoms with van der Waals surface area (Å²) in [6.45, 7) is 1.22. The minimum atomic E-state index is -0.702. The first-order valence-corrected chi connectivity index (χ1v) is 9.09. The molecule has 0 atom stereocenters. The Labute approximate surface area is 150 Å². The molecule has 0 aromatic heterocycles. The SMILES string of the molecule is COCCCOc1cc(CC2(CC(=O)O)CCCCC2)ccc1OC. The fourth-order valence-electron chi connectivity index (χ4n) is 3.80. The van der Waals surface area contributed by atoms with Crippen LogP contribution in [0, 0.1) is 5.41 Å². The summed E-state index contributed by atoms with van der Waals surface area (Å²) in [6.07, 6.45) is 7.23. The Hall–Kier alpha value is -1.75. The fourth-order valence-corrected chi connectivity index (χ4v) is 3.80. The minimum absolute atomic E-state index is 0.133. The summed E-state index contributed by atoms with van der Waals surface area (Å²) >= 11 is 0. The maximum absolute atomic E-state index is 11.4. The van der Waals surface area contributed by atoms with Crippen molar-refractivity contribution in [3.63, 3.8) is 0 Å². The van der Waals surface area contributed by atoms with E-state index >= 15 is 0 Å². The van der Waals surface area contributed by atoms with Crippen LogP contribution in [0.1, 0.15) is 50.5 Å². The lowest BCUT2D eigenvalue weighted by Gasteiger charge is -2.36. The largest absolute Gasteiger partial charge is 0.493 e. The van der Waals surface area contributed by atoms with E-state index < -0.39 is 5.97 Å². The van der Waals surface area contributed by atoms with E-state index in [2.05, 4.69) is 0 Å². The van der Waals surface area contributed by atoms with Gasteiger partial charge in [-0.15, -0.1) is 0 Å². The number of hydrogen-bond donors (Lipinski definition) is 1. The van der Waals surface area contributed by atoms with Gasteiger partial charge in [-0.05, 0) is 42.4 Å². The zero-order valence-corrected chi connectivity index (χ0v) is 15.4. The van der Waals surface area contributed by atoms with Crippen LogP contribution in [0.4, 0.5) is 0 Å². The van der Waals surface area contributed by atoms with Crippen LogP contribution in [0.2, 0.25) is 0 Å². The smallest absolute Gasteiger partial charge is 0.303 e. The highest BCUT2D eigenvalue weighted by Crippen LogP contribution is 2.43. The summed E-state index contributed by atoms with van der Waals surface area (Å²) in [5.74, 6) is 0.723. The molecule has 2 rings (SSSR count). The quantitative estimate of drug-likeness (QED) is 0.644. The molecule has 0 heterocycles. The highest BCUT2D eigenvalue weighted by Gasteiger charge is 2.34. The van der Waals surface area contributed by atoms with E-state index in [1.807, 2.05) is 18.2 Å². The van der Waals surface area contributed by atoms with Crippen LogP contribution in [0.15, 0.2) is 18.2 Å². The van der Waals surface area contributed by atoms with Crippen molar-refractivity contribution in [2.24, 2.45) is 5.41 Å². The highest BCUT2D eigenvalue weighted by atomic mass is 16.5. The third-order valence-corrected chi connectivity index (χ3v) is 5.00. The summed E-state index contributed by atoms with van der Waals surface area (Å²) in [7, 11) is 3.30. The maximum atomic E-state index is 11.4. The predicted octanol–water partition coefficient (Wildman–Crippen LogP) is 4.08. The van der Waals surface area contributed by atoms with Gasteiger partial charge in [0.25, 0.3) is 0 Å². The van der Waals surface area contributed by atoms with Crippen LogP contribution in [0.3, 0.4) is 0 Å². The van der Waals surface area contributed by atoms with Crippen molar-refractivity contribution in [1.29, 1.82) is 0 Å². The van der Waals surface area contributed by atoms with E-state index in [4.69, 9.17) is 14.2 Å². The molecule has 0 amide bonds. The van der Waals surface area contributed by atoms with Crippen molar-refractivity contribution >= 4 is 5.97 Å². The van der Waals surface area contributed by atoms with Gasteiger partial charge in [-0.1, -0.05) is 25.3 Å². The van der Waals surface area contributed by atoms with Crippen LogP contribution in [0.25, 0.3) is 0 Å². The van der Waals surface area contributed by atoms with E-state index in [1.54, 1.807) is 14.2 Å². The first-order chi connectivity index (χ1) is 12.1. The monoisotopic (exact) mass is 350 g/mol. The number of aliphatic carboxylic acids is 1. The molecule has 5 nitrogen and oxygen atoms in total. The van der Waals surface area contributed by atoms with Crippen LogP contribution >= 0.6 is 0 Å². The van der Waals surface area contributed by atoms with Gasteiger partial charge in [0.05, 0.1) is 20.1 Å². The van der Waals surface area contributed by atoms with Crippen molar-refractivity contribution < 1.29 is 24.1 Å². The molecule has 1 N–H and O–H groups in total. The summed E-state index contributed by atoms with van der Waals surface area (Å²) in [4.78, 5) is 11.4. The van der Waals surface area contributed by atoms with Crippen molar-refractivity contribution in [3.05, 3.63) is 23.8 Å². The lowest BCUT2D eigenvalue weighted by molar-refractivity contribution is -0.140. The minimum Gasteiger partial charge on any atom is -0.493 e. The van der Waals surface area contributed by atoms with Crippen molar-refractivity contribution in [3.8, 4) is 11.5 Å². The molecular weight excluding hydrogens is 320 g/mol. The van der Waals surface area contributed by atoms with Gasteiger partial charge in [0.2, 0.25) is 0 Å². The Bertz CT molecular complexity index is 549. The number of carboxylic acids is 1. The second-order valence-electron chi connectivity index (χ2n) is 6.99. The Morgan fingerprint density at radius 1 is 1.12 bits per heavy atom. The number of carbonyl (C=O) groups is 1. The molecule has 0 spiro atoms. The maximum Gasteiger partial charge on any atom is 0.303 e. The Morgan fingerprint density at radius 2 is 1.88 bits per heavy atom. The number of ether oxygens (including phenoxy) is 3. The molecule has 1 aromatic rings. The van der Waals surface area contributed by atoms with Gasteiger partial charge in [0.15, 0.2) is 11.5 Å². The first kappa shape index (κ1) is 19.6. The Kier molecular flexibility index (Phi) is 7.56. The predicted molar refractivity (Wildman–Crippen MR) is 96.5 cm³/mol. The summed E-state index contributed by atoms with van der Waals surface area (Å²) < 4.78 is 16.3. The van der Waals surface area contributed by atoms with Crippen LogP contribution in [0.5, 0.6) is 11.5 Å². The third kappa shape index (κ3) is 5.92. The van der Waals surface area contributed by atoms with Crippen molar-refractivity contribution in [2.75, 3.05) is 27.4 Å². The number of benzene rings is 1. The lowest BCUT2D eigenvalue weighted by atomic mass is 9.68. The van der Waals surface area contributed by atoms with E-state index in [0.717, 1.165) is 49.8 Å². The van der Waals surface area contributed by atoms with Gasteiger partial charge in [-0.3, -0.25) is 4.79 Å². The second kappa shape index (κ2) is 9.66. The summed E-state index contributed by atoms with van der Waals surface area (Å²) in [6, 6.07) is 5.95. The van der Waals surface area contributed by atoms with Crippen LogP contribution in [-0.2, 0) is 16.0 Å². The lowest BCUT2D eigenvalue weighted by Crippen LogP contribution is -2.29. The average Bonchev–Trinajstić information content (AvgIpc) is 2.59. The zero-order chi connectivity index (χ0) is 18.1. The molecule has 1 aromatic carbocycles. The Morgan fingerprint density at radius 3 is 2.52 bits per heavy atom. The molecule has 0 radical (unpaired) electrons. The molecule has 5 heteroatoms. The van der Waals surface area contributed by atoms with E-state index in [-0.39, 0.29) is 11.8 Å². The van der Waals surface area contributed by atoms with Gasteiger partial charge in [0, 0.05) is 20.1 Å². The van der Waals surface area contributed by atoms with Crippen LogP contribution < -0.4 is 9.47 Å². The molecule has 0 aliphatic heterocycles. The third-order valence-electron chi connectivity index (χ3n) is 5.00. The van der Waals surface area contributed by atoms with Gasteiger partial charge in [0.1, 0.15) is 0 Å². The molecule has 0 unspecified atom stereocenters. The molecule has 1 aliphatic rings. The molecule has 25 heavy (non-hydrogen) atoms. The molecule has 0 bridgehead atoms. The van der Waals surface area contributed by atoms with E-state index in [0.29, 0.717) is 19.0 Å². The fraction of sp³-hybridized carbons (Fsp3) is 0.650. The van der Waals surface area contributed by atoms with Gasteiger partial charge in [-0.2, -0.15) is 0 Å². The van der Waals surface area contributed by atoms with Crippen molar-refractivity contribution in [1.82, 2.24) is 0 Å². The molecule has 1 fully saturated rings. The standard InChI is InChI=1S/C20H30O5/c1-23-11-6-12-25-18-13-16(7-8-17(18)24-2)14-20(15-19(21)22)9-4-3-5-10-20/h7-8,13H,3-6,9-12,14-15H2,1-2H3,(H,21,22). The molecule has 1 saturated carbocycles.